The molecule has 1 aromatic carbocycles. The van der Waals surface area contributed by atoms with E-state index in [0.717, 1.165) is 0 Å². The van der Waals surface area contributed by atoms with Gasteiger partial charge in [-0.3, -0.25) is 14.9 Å². The zero-order valence-electron chi connectivity index (χ0n) is 10.5. The summed E-state index contributed by atoms with van der Waals surface area (Å²) in [5.41, 5.74) is 3.99. The summed E-state index contributed by atoms with van der Waals surface area (Å²) >= 11 is 0. The maximum Gasteiger partial charge on any atom is 0.285 e. The van der Waals surface area contributed by atoms with Crippen LogP contribution in [-0.4, -0.2) is 34.6 Å². The molecule has 0 aliphatic rings. The van der Waals surface area contributed by atoms with Crippen molar-refractivity contribution in [1.29, 1.82) is 0 Å². The van der Waals surface area contributed by atoms with Crippen LogP contribution in [0.2, 0.25) is 0 Å². The molecule has 0 saturated carbocycles. The predicted molar refractivity (Wildman–Crippen MR) is 65.0 cm³/mol. The van der Waals surface area contributed by atoms with Gasteiger partial charge in [0.15, 0.2) is 11.6 Å². The number of hydrogen-bond acceptors (Lipinski definition) is 5. The molecular weight excluding hydrogens is 276 g/mol. The van der Waals surface area contributed by atoms with Crippen molar-refractivity contribution in [2.75, 3.05) is 6.54 Å². The number of benzene rings is 1. The first-order valence-corrected chi connectivity index (χ1v) is 5.59. The molecule has 1 aromatic rings. The molecule has 0 bridgehead atoms. The lowest BCUT2D eigenvalue weighted by Gasteiger charge is -2.15. The van der Waals surface area contributed by atoms with Gasteiger partial charge in [-0.1, -0.05) is 0 Å². The topological polar surface area (TPSA) is 118 Å². The third-order valence-electron chi connectivity index (χ3n) is 2.60. The van der Waals surface area contributed by atoms with Gasteiger partial charge in [0.2, 0.25) is 0 Å². The average Bonchev–Trinajstić information content (AvgIpc) is 2.37. The zero-order chi connectivity index (χ0) is 15.4. The van der Waals surface area contributed by atoms with Gasteiger partial charge >= 0.3 is 0 Å². The Morgan fingerprint density at radius 3 is 2.55 bits per heavy atom. The van der Waals surface area contributed by atoms with E-state index >= 15 is 0 Å². The van der Waals surface area contributed by atoms with Crippen LogP contribution in [0.5, 0.6) is 0 Å². The van der Waals surface area contributed by atoms with Crippen molar-refractivity contribution >= 4 is 11.6 Å². The van der Waals surface area contributed by atoms with Crippen LogP contribution < -0.4 is 11.1 Å². The van der Waals surface area contributed by atoms with Gasteiger partial charge in [0.1, 0.15) is 5.56 Å². The molecule has 2 atom stereocenters. The maximum atomic E-state index is 13.1. The summed E-state index contributed by atoms with van der Waals surface area (Å²) in [5, 5.41) is 22.0. The number of rotatable bonds is 5. The molecule has 0 radical (unpaired) electrons. The molecule has 2 unspecified atom stereocenters. The fraction of sp³-hybridized carbons (Fsp3) is 0.364. The predicted octanol–water partition coefficient (Wildman–Crippen LogP) is 0.311. The number of nitrogens with zero attached hydrogens (tertiary/aromatic N) is 1. The Kier molecular flexibility index (Phi) is 5.06. The van der Waals surface area contributed by atoms with Crippen LogP contribution in [0.1, 0.15) is 17.3 Å². The Balaban J connectivity index is 2.98. The van der Waals surface area contributed by atoms with Crippen LogP contribution >= 0.6 is 0 Å². The van der Waals surface area contributed by atoms with E-state index in [-0.39, 0.29) is 6.54 Å². The summed E-state index contributed by atoms with van der Waals surface area (Å²) in [6.07, 6.45) is -0.907. The quantitative estimate of drug-likeness (QED) is 0.532. The van der Waals surface area contributed by atoms with E-state index in [0.29, 0.717) is 12.1 Å². The summed E-state index contributed by atoms with van der Waals surface area (Å²) in [6.45, 7) is 1.23. The summed E-state index contributed by atoms with van der Waals surface area (Å²) < 4.78 is 26.0. The summed E-state index contributed by atoms with van der Waals surface area (Å²) in [4.78, 5) is 21.4. The number of carbonyl (C=O) groups is 1. The van der Waals surface area contributed by atoms with E-state index in [9.17, 15) is 23.7 Å². The van der Waals surface area contributed by atoms with Crippen molar-refractivity contribution in [3.05, 3.63) is 39.4 Å². The molecule has 0 saturated heterocycles. The second-order valence-electron chi connectivity index (χ2n) is 4.16. The lowest BCUT2D eigenvalue weighted by Crippen LogP contribution is -2.43. The Labute approximate surface area is 112 Å². The van der Waals surface area contributed by atoms with Crippen LogP contribution in [0.3, 0.4) is 0 Å². The van der Waals surface area contributed by atoms with E-state index in [4.69, 9.17) is 10.8 Å². The lowest BCUT2D eigenvalue weighted by molar-refractivity contribution is -0.385. The molecule has 0 heterocycles. The molecule has 7 nitrogen and oxygen atoms in total. The smallest absolute Gasteiger partial charge is 0.285 e. The summed E-state index contributed by atoms with van der Waals surface area (Å²) in [7, 11) is 0. The Morgan fingerprint density at radius 1 is 1.50 bits per heavy atom. The van der Waals surface area contributed by atoms with Crippen molar-refractivity contribution in [2.24, 2.45) is 5.73 Å². The second-order valence-corrected chi connectivity index (χ2v) is 4.16. The van der Waals surface area contributed by atoms with Gasteiger partial charge in [-0.25, -0.2) is 8.78 Å². The van der Waals surface area contributed by atoms with Crippen molar-refractivity contribution in [2.45, 2.75) is 19.1 Å². The van der Waals surface area contributed by atoms with Gasteiger partial charge in [-0.2, -0.15) is 0 Å². The van der Waals surface area contributed by atoms with Crippen LogP contribution in [0.4, 0.5) is 14.5 Å². The first-order valence-electron chi connectivity index (χ1n) is 5.59. The highest BCUT2D eigenvalue weighted by Crippen LogP contribution is 2.22. The number of nitro groups is 1. The van der Waals surface area contributed by atoms with Gasteiger partial charge < -0.3 is 16.2 Å². The van der Waals surface area contributed by atoms with Crippen molar-refractivity contribution < 1.29 is 23.6 Å². The monoisotopic (exact) mass is 289 g/mol. The number of nitrogens with two attached hydrogens (primary N) is 1. The van der Waals surface area contributed by atoms with E-state index in [1.54, 1.807) is 0 Å². The van der Waals surface area contributed by atoms with Gasteiger partial charge in [-0.05, 0) is 13.0 Å². The number of carbonyl (C=O) groups excluding carboxylic acids is 1. The molecule has 0 fully saturated rings. The van der Waals surface area contributed by atoms with Crippen LogP contribution in [0, 0.1) is 21.7 Å². The summed E-state index contributed by atoms with van der Waals surface area (Å²) in [6, 6.07) is -0.0153. The standard InChI is InChI=1S/C11H13F2N3O4/c1-5(17)9(14)4-15-11(18)6-2-7(12)8(13)3-10(6)16(19)20/h2-3,5,9,17H,4,14H2,1H3,(H,15,18). The van der Waals surface area contributed by atoms with Gasteiger partial charge in [0.05, 0.1) is 17.1 Å². The largest absolute Gasteiger partial charge is 0.392 e. The third kappa shape index (κ3) is 3.68. The molecule has 0 aliphatic carbocycles. The minimum atomic E-state index is -1.42. The number of aliphatic hydroxyl groups excluding tert-OH is 1. The first-order chi connectivity index (χ1) is 9.23. The van der Waals surface area contributed by atoms with E-state index in [1.165, 1.54) is 6.92 Å². The van der Waals surface area contributed by atoms with Gasteiger partial charge in [-0.15, -0.1) is 0 Å². The zero-order valence-corrected chi connectivity index (χ0v) is 10.5. The first kappa shape index (κ1) is 15.9. The van der Waals surface area contributed by atoms with E-state index in [1.807, 2.05) is 0 Å². The van der Waals surface area contributed by atoms with E-state index < -0.39 is 45.9 Å². The molecule has 0 aliphatic heterocycles. The van der Waals surface area contributed by atoms with Crippen molar-refractivity contribution in [3.8, 4) is 0 Å². The fourth-order valence-electron chi connectivity index (χ4n) is 1.35. The highest BCUT2D eigenvalue weighted by atomic mass is 19.2. The molecule has 20 heavy (non-hydrogen) atoms. The number of nitrogens with one attached hydrogen (secondary N) is 1. The van der Waals surface area contributed by atoms with Gasteiger partial charge in [0.25, 0.3) is 11.6 Å². The molecule has 4 N–H and O–H groups in total. The minimum absolute atomic E-state index is 0.174. The fourth-order valence-corrected chi connectivity index (χ4v) is 1.35. The SMILES string of the molecule is CC(O)C(N)CNC(=O)c1cc(F)c(F)cc1[N+](=O)[O-]. The molecule has 1 amide bonds. The van der Waals surface area contributed by atoms with Crippen LogP contribution in [0.15, 0.2) is 12.1 Å². The number of amides is 1. The highest BCUT2D eigenvalue weighted by molar-refractivity contribution is 5.98. The molecular formula is C11H13F2N3O4. The highest BCUT2D eigenvalue weighted by Gasteiger charge is 2.24. The maximum absolute atomic E-state index is 13.1. The molecule has 110 valence electrons. The summed E-state index contributed by atoms with van der Waals surface area (Å²) in [5.74, 6) is -3.78. The van der Waals surface area contributed by atoms with Crippen LogP contribution in [-0.2, 0) is 0 Å². The third-order valence-corrected chi connectivity index (χ3v) is 2.60. The Hall–Kier alpha value is -2.13. The lowest BCUT2D eigenvalue weighted by atomic mass is 10.1. The number of nitro benzene ring substituents is 1. The van der Waals surface area contributed by atoms with Crippen molar-refractivity contribution in [3.63, 3.8) is 0 Å². The van der Waals surface area contributed by atoms with E-state index in [2.05, 4.69) is 5.32 Å². The molecule has 1 rings (SSSR count). The number of hydrogen-bond donors (Lipinski definition) is 3. The van der Waals surface area contributed by atoms with Gasteiger partial charge in [0, 0.05) is 12.6 Å². The Morgan fingerprint density at radius 2 is 2.05 bits per heavy atom. The number of halogens is 2. The molecule has 0 spiro atoms. The number of aliphatic hydroxyl groups is 1. The second kappa shape index (κ2) is 6.35. The average molecular weight is 289 g/mol. The minimum Gasteiger partial charge on any atom is -0.392 e. The molecule has 9 heteroatoms. The Bertz CT molecular complexity index is 537. The normalized spacial score (nSPS) is 13.7. The van der Waals surface area contributed by atoms with Crippen LogP contribution in [0.25, 0.3) is 0 Å². The van der Waals surface area contributed by atoms with Crippen molar-refractivity contribution in [1.82, 2.24) is 5.32 Å². The molecule has 0 aromatic heterocycles.